The van der Waals surface area contributed by atoms with Crippen LogP contribution in [0.25, 0.3) is 0 Å². The zero-order chi connectivity index (χ0) is 30.9. The highest BCUT2D eigenvalue weighted by Gasteiger charge is 2.33. The molecular formula is C35H43NO4P2. The van der Waals surface area contributed by atoms with Crippen molar-refractivity contribution in [1.82, 2.24) is 0 Å². The minimum Gasteiger partial charge on any atom is -0.343 e. The van der Waals surface area contributed by atoms with Crippen LogP contribution in [0.3, 0.4) is 0 Å². The van der Waals surface area contributed by atoms with Gasteiger partial charge in [0.15, 0.2) is 0 Å². The Morgan fingerprint density at radius 2 is 0.905 bits per heavy atom. The molecule has 0 aliphatic heterocycles. The van der Waals surface area contributed by atoms with E-state index in [9.17, 15) is 18.9 Å². The first-order chi connectivity index (χ1) is 19.5. The highest BCUT2D eigenvalue weighted by molar-refractivity contribution is 7.66. The first-order valence-electron chi connectivity index (χ1n) is 14.2. The van der Waals surface area contributed by atoms with Crippen LogP contribution >= 0.6 is 14.7 Å². The summed E-state index contributed by atoms with van der Waals surface area (Å²) < 4.78 is 28.3. The third-order valence-corrected chi connectivity index (χ3v) is 11.4. The first kappa shape index (κ1) is 32.0. The fraction of sp³-hybridized carbons (Fsp3) is 0.314. The summed E-state index contributed by atoms with van der Waals surface area (Å²) in [6.45, 7) is 12.4. The summed E-state index contributed by atoms with van der Waals surface area (Å²) in [6.07, 6.45) is -0.0187. The SMILES string of the molecule is CN(c1ccc(C(C)(C)C)cc1P(=O)(O)Cc1ccccc1)c1ccc(C(C)(C)C)cc1P(=O)(O)Cc1ccccc1. The Morgan fingerprint density at radius 1 is 0.571 bits per heavy atom. The number of anilines is 2. The molecule has 2 unspecified atom stereocenters. The van der Waals surface area contributed by atoms with Crippen molar-refractivity contribution in [3.63, 3.8) is 0 Å². The van der Waals surface area contributed by atoms with Crippen molar-refractivity contribution in [2.24, 2.45) is 0 Å². The monoisotopic (exact) mass is 603 g/mol. The van der Waals surface area contributed by atoms with Gasteiger partial charge in [0.1, 0.15) is 0 Å². The fourth-order valence-electron chi connectivity index (χ4n) is 5.07. The predicted molar refractivity (Wildman–Crippen MR) is 178 cm³/mol. The molecule has 2 N–H and O–H groups in total. The first-order valence-corrected chi connectivity index (χ1v) is 17.9. The normalized spacial score (nSPS) is 15.1. The van der Waals surface area contributed by atoms with Crippen LogP contribution in [0.5, 0.6) is 0 Å². The third-order valence-electron chi connectivity index (χ3n) is 7.64. The van der Waals surface area contributed by atoms with E-state index >= 15 is 0 Å². The van der Waals surface area contributed by atoms with Crippen LogP contribution in [0.2, 0.25) is 0 Å². The van der Waals surface area contributed by atoms with E-state index < -0.39 is 14.7 Å². The molecule has 0 aliphatic carbocycles. The van der Waals surface area contributed by atoms with Gasteiger partial charge in [0.05, 0.1) is 34.3 Å². The van der Waals surface area contributed by atoms with Crippen LogP contribution in [-0.4, -0.2) is 16.8 Å². The Balaban J connectivity index is 1.90. The molecule has 222 valence electrons. The Morgan fingerprint density at radius 3 is 1.21 bits per heavy atom. The van der Waals surface area contributed by atoms with Gasteiger partial charge in [-0.25, -0.2) is 0 Å². The van der Waals surface area contributed by atoms with E-state index in [0.29, 0.717) is 22.0 Å². The molecule has 0 radical (unpaired) electrons. The van der Waals surface area contributed by atoms with Gasteiger partial charge in [-0.2, -0.15) is 0 Å². The van der Waals surface area contributed by atoms with Gasteiger partial charge in [-0.3, -0.25) is 9.13 Å². The minimum atomic E-state index is -3.90. The maximum atomic E-state index is 14.2. The van der Waals surface area contributed by atoms with Crippen LogP contribution in [0.15, 0.2) is 97.1 Å². The lowest BCUT2D eigenvalue weighted by molar-refractivity contribution is 0.487. The average molecular weight is 604 g/mol. The molecule has 4 rings (SSSR count). The summed E-state index contributed by atoms with van der Waals surface area (Å²) in [7, 11) is -5.99. The van der Waals surface area contributed by atoms with E-state index in [1.54, 1.807) is 11.9 Å². The van der Waals surface area contributed by atoms with E-state index in [2.05, 4.69) is 41.5 Å². The van der Waals surface area contributed by atoms with Crippen LogP contribution in [0, 0.1) is 0 Å². The fourth-order valence-corrected chi connectivity index (χ4v) is 8.67. The molecule has 4 aromatic rings. The average Bonchev–Trinajstić information content (AvgIpc) is 2.91. The van der Waals surface area contributed by atoms with Crippen molar-refractivity contribution >= 4 is 36.7 Å². The number of rotatable bonds is 8. The molecular weight excluding hydrogens is 560 g/mol. The number of nitrogens with zero attached hydrogens (tertiary/aromatic N) is 1. The zero-order valence-electron chi connectivity index (χ0n) is 25.7. The molecule has 0 aromatic heterocycles. The standard InChI is InChI=1S/C35H43NO4P2/c1-34(2,3)28-18-20-30(32(22-28)41(37,38)24-26-14-10-8-11-15-26)36(7)31-21-19-29(35(4,5)6)23-33(31)42(39,40)25-27-16-12-9-13-17-27/h8-23H,24-25H2,1-7H3,(H,37,38)(H,39,40). The van der Waals surface area contributed by atoms with E-state index in [4.69, 9.17) is 0 Å². The minimum absolute atomic E-state index is 0.00933. The van der Waals surface area contributed by atoms with Crippen LogP contribution in [-0.2, 0) is 32.3 Å². The second-order valence-electron chi connectivity index (χ2n) is 13.2. The van der Waals surface area contributed by atoms with Crippen molar-refractivity contribution in [1.29, 1.82) is 0 Å². The molecule has 0 spiro atoms. The van der Waals surface area contributed by atoms with E-state index in [1.165, 1.54) is 0 Å². The third kappa shape index (κ3) is 7.33. The Bertz CT molecular complexity index is 1510. The maximum absolute atomic E-state index is 14.2. The van der Waals surface area contributed by atoms with Gasteiger partial charge in [0.2, 0.25) is 14.7 Å². The molecule has 4 aromatic carbocycles. The topological polar surface area (TPSA) is 77.8 Å². The second-order valence-corrected chi connectivity index (χ2v) is 17.6. The molecule has 5 nitrogen and oxygen atoms in total. The lowest BCUT2D eigenvalue weighted by atomic mass is 9.86. The van der Waals surface area contributed by atoms with Crippen LogP contribution in [0.4, 0.5) is 11.4 Å². The highest BCUT2D eigenvalue weighted by atomic mass is 31.2. The predicted octanol–water partition coefficient (Wildman–Crippen LogP) is 8.24. The van der Waals surface area contributed by atoms with Gasteiger partial charge < -0.3 is 14.7 Å². The Hall–Kier alpha value is -2.94. The van der Waals surface area contributed by atoms with Gasteiger partial charge in [-0.15, -0.1) is 0 Å². The smallest absolute Gasteiger partial charge is 0.235 e. The molecule has 7 heteroatoms. The van der Waals surface area contributed by atoms with E-state index in [-0.39, 0.29) is 23.2 Å². The summed E-state index contributed by atoms with van der Waals surface area (Å²) in [6, 6.07) is 30.0. The van der Waals surface area contributed by atoms with Crippen LogP contribution in [0.1, 0.15) is 63.8 Å². The summed E-state index contributed by atoms with van der Waals surface area (Å²) in [4.78, 5) is 25.0. The molecule has 0 heterocycles. The van der Waals surface area contributed by atoms with Gasteiger partial charge in [0.25, 0.3) is 0 Å². The largest absolute Gasteiger partial charge is 0.343 e. The molecule has 0 saturated heterocycles. The van der Waals surface area contributed by atoms with Gasteiger partial charge in [-0.05, 0) is 57.3 Å². The molecule has 0 amide bonds. The molecule has 2 atom stereocenters. The quantitative estimate of drug-likeness (QED) is 0.198. The Kier molecular flexibility index (Phi) is 9.12. The summed E-state index contributed by atoms with van der Waals surface area (Å²) in [5.41, 5.74) is 4.02. The van der Waals surface area contributed by atoms with Gasteiger partial charge in [-0.1, -0.05) is 114 Å². The second kappa shape index (κ2) is 12.0. The van der Waals surface area contributed by atoms with Gasteiger partial charge >= 0.3 is 0 Å². The van der Waals surface area contributed by atoms with Gasteiger partial charge in [0, 0.05) is 7.05 Å². The Labute approximate surface area is 251 Å². The summed E-state index contributed by atoms with van der Waals surface area (Å²) >= 11 is 0. The number of hydrogen-bond acceptors (Lipinski definition) is 3. The molecule has 0 aliphatic rings. The van der Waals surface area contributed by atoms with Crippen molar-refractivity contribution in [2.45, 2.75) is 64.7 Å². The summed E-state index contributed by atoms with van der Waals surface area (Å²) in [5, 5.41) is 0.672. The number of benzene rings is 4. The molecule has 0 fully saturated rings. The molecule has 0 saturated carbocycles. The van der Waals surface area contributed by atoms with Crippen LogP contribution < -0.4 is 15.5 Å². The highest BCUT2D eigenvalue weighted by Crippen LogP contribution is 2.50. The van der Waals surface area contributed by atoms with Crippen molar-refractivity contribution < 1.29 is 18.9 Å². The maximum Gasteiger partial charge on any atom is 0.235 e. The lowest BCUT2D eigenvalue weighted by Gasteiger charge is -2.31. The van der Waals surface area contributed by atoms with E-state index in [0.717, 1.165) is 22.3 Å². The van der Waals surface area contributed by atoms with Crippen molar-refractivity contribution in [2.75, 3.05) is 11.9 Å². The van der Waals surface area contributed by atoms with Crippen molar-refractivity contribution in [3.8, 4) is 0 Å². The zero-order valence-corrected chi connectivity index (χ0v) is 27.5. The summed E-state index contributed by atoms with van der Waals surface area (Å²) in [5.74, 6) is 0. The molecule has 42 heavy (non-hydrogen) atoms. The molecule has 0 bridgehead atoms. The number of hydrogen-bond donors (Lipinski definition) is 2. The lowest BCUT2D eigenvalue weighted by Crippen LogP contribution is -2.27. The van der Waals surface area contributed by atoms with Crippen molar-refractivity contribution in [3.05, 3.63) is 119 Å². The van der Waals surface area contributed by atoms with E-state index in [1.807, 2.05) is 97.1 Å².